The van der Waals surface area contributed by atoms with Gasteiger partial charge in [0.15, 0.2) is 0 Å². The van der Waals surface area contributed by atoms with Crippen LogP contribution in [-0.4, -0.2) is 46.9 Å². The first-order valence-corrected chi connectivity index (χ1v) is 11.2. The number of hydrogen-bond donors (Lipinski definition) is 3. The van der Waals surface area contributed by atoms with Gasteiger partial charge in [-0.25, -0.2) is 23.2 Å². The molecule has 2 aromatic carbocycles. The monoisotopic (exact) mass is 439 g/mol. The molecular weight excluding hydrogens is 418 g/mol. The second-order valence-electron chi connectivity index (χ2n) is 7.06. The molecule has 9 nitrogen and oxygen atoms in total. The minimum Gasteiger partial charge on any atom is -0.478 e. The number of sulfonamides is 1. The first-order valence-electron chi connectivity index (χ1n) is 9.71. The quantitative estimate of drug-likeness (QED) is 0.511. The Kier molecular flexibility index (Phi) is 5.83. The number of aromatic carboxylic acids is 1. The Balaban J connectivity index is 1.46. The summed E-state index contributed by atoms with van der Waals surface area (Å²) in [4.78, 5) is 19.7. The molecule has 0 saturated carbocycles. The summed E-state index contributed by atoms with van der Waals surface area (Å²) in [5, 5.41) is 15.3. The molecule has 2 heterocycles. The van der Waals surface area contributed by atoms with Gasteiger partial charge in [0.2, 0.25) is 10.0 Å². The number of carboxylic acid groups (broad SMARTS) is 1. The van der Waals surface area contributed by atoms with Crippen molar-refractivity contribution in [2.45, 2.75) is 17.7 Å². The fraction of sp³-hybridized carbons (Fsp3) is 0.190. The third kappa shape index (κ3) is 4.81. The van der Waals surface area contributed by atoms with Crippen molar-refractivity contribution in [3.8, 4) is 0 Å². The molecule has 31 heavy (non-hydrogen) atoms. The number of nitrogens with zero attached hydrogens (tertiary/aromatic N) is 3. The van der Waals surface area contributed by atoms with Crippen molar-refractivity contribution in [2.24, 2.45) is 0 Å². The summed E-state index contributed by atoms with van der Waals surface area (Å²) in [6, 6.07) is 14.6. The highest BCUT2D eigenvalue weighted by atomic mass is 32.2. The maximum atomic E-state index is 12.6. The second kappa shape index (κ2) is 8.70. The van der Waals surface area contributed by atoms with Crippen LogP contribution in [0.25, 0.3) is 0 Å². The van der Waals surface area contributed by atoms with Gasteiger partial charge in [0.1, 0.15) is 18.0 Å². The van der Waals surface area contributed by atoms with Gasteiger partial charge in [-0.2, -0.15) is 4.31 Å². The van der Waals surface area contributed by atoms with Crippen LogP contribution in [-0.2, 0) is 10.0 Å². The van der Waals surface area contributed by atoms with Gasteiger partial charge in [0, 0.05) is 30.5 Å². The van der Waals surface area contributed by atoms with E-state index in [4.69, 9.17) is 5.11 Å². The molecule has 3 N–H and O–H groups in total. The summed E-state index contributed by atoms with van der Waals surface area (Å²) in [5.74, 6) is -0.0285. The number of aromatic nitrogens is 2. The normalized spacial score (nSPS) is 14.3. The third-order valence-electron chi connectivity index (χ3n) is 4.88. The Hall–Kier alpha value is -3.50. The number of carboxylic acids is 1. The maximum Gasteiger partial charge on any atom is 0.335 e. The van der Waals surface area contributed by atoms with Gasteiger partial charge in [0.05, 0.1) is 10.5 Å². The van der Waals surface area contributed by atoms with E-state index in [1.165, 1.54) is 22.8 Å². The van der Waals surface area contributed by atoms with Crippen LogP contribution < -0.4 is 10.6 Å². The van der Waals surface area contributed by atoms with E-state index in [1.807, 2.05) is 0 Å². The topological polar surface area (TPSA) is 125 Å². The van der Waals surface area contributed by atoms with Crippen molar-refractivity contribution in [1.82, 2.24) is 14.3 Å². The van der Waals surface area contributed by atoms with E-state index in [0.717, 1.165) is 12.8 Å². The van der Waals surface area contributed by atoms with E-state index in [2.05, 4.69) is 20.6 Å². The molecule has 160 valence electrons. The third-order valence-corrected chi connectivity index (χ3v) is 6.79. The summed E-state index contributed by atoms with van der Waals surface area (Å²) in [6.07, 6.45) is 3.16. The zero-order chi connectivity index (χ0) is 21.8. The number of benzene rings is 2. The Labute approximate surface area is 179 Å². The van der Waals surface area contributed by atoms with Crippen LogP contribution in [0, 0.1) is 0 Å². The second-order valence-corrected chi connectivity index (χ2v) is 9.00. The number of rotatable bonds is 7. The molecule has 4 rings (SSSR count). The van der Waals surface area contributed by atoms with Crippen LogP contribution in [0.3, 0.4) is 0 Å². The Morgan fingerprint density at radius 3 is 2.19 bits per heavy atom. The van der Waals surface area contributed by atoms with Crippen molar-refractivity contribution in [3.05, 3.63) is 66.5 Å². The highest BCUT2D eigenvalue weighted by molar-refractivity contribution is 7.89. The summed E-state index contributed by atoms with van der Waals surface area (Å²) >= 11 is 0. The number of anilines is 4. The van der Waals surface area contributed by atoms with E-state index in [-0.39, 0.29) is 10.5 Å². The number of nitrogens with one attached hydrogen (secondary N) is 2. The standard InChI is InChI=1S/C21H21N5O4S/c27-21(28)15-4-3-5-17(12-15)25-20-13-19(22-14-23-20)24-16-6-8-18(9-7-16)31(29,30)26-10-1-2-11-26/h3-9,12-14H,1-2,10-11H2,(H,27,28)(H2,22,23,24,25). The lowest BCUT2D eigenvalue weighted by molar-refractivity contribution is 0.0697. The Bertz CT molecular complexity index is 1190. The van der Waals surface area contributed by atoms with Gasteiger partial charge in [-0.3, -0.25) is 0 Å². The first-order chi connectivity index (χ1) is 14.9. The predicted molar refractivity (Wildman–Crippen MR) is 116 cm³/mol. The van der Waals surface area contributed by atoms with Crippen molar-refractivity contribution >= 4 is 39.0 Å². The average Bonchev–Trinajstić information content (AvgIpc) is 3.31. The molecule has 0 bridgehead atoms. The lowest BCUT2D eigenvalue weighted by atomic mass is 10.2. The van der Waals surface area contributed by atoms with Crippen LogP contribution in [0.4, 0.5) is 23.0 Å². The average molecular weight is 439 g/mol. The molecule has 1 saturated heterocycles. The fourth-order valence-electron chi connectivity index (χ4n) is 3.31. The van der Waals surface area contributed by atoms with Gasteiger partial charge in [0.25, 0.3) is 0 Å². The summed E-state index contributed by atoms with van der Waals surface area (Å²) in [6.45, 7) is 1.13. The van der Waals surface area contributed by atoms with E-state index < -0.39 is 16.0 Å². The SMILES string of the molecule is O=C(O)c1cccc(Nc2cc(Nc3ccc(S(=O)(=O)N4CCCC4)cc3)ncn2)c1. The van der Waals surface area contributed by atoms with Crippen molar-refractivity contribution in [2.75, 3.05) is 23.7 Å². The summed E-state index contributed by atoms with van der Waals surface area (Å²) in [5.41, 5.74) is 1.43. The van der Waals surface area contributed by atoms with Crippen LogP contribution in [0.15, 0.2) is 65.8 Å². The molecule has 1 fully saturated rings. The van der Waals surface area contributed by atoms with Crippen molar-refractivity contribution in [3.63, 3.8) is 0 Å². The summed E-state index contributed by atoms with van der Waals surface area (Å²) < 4.78 is 26.8. The van der Waals surface area contributed by atoms with Crippen LogP contribution >= 0.6 is 0 Å². The van der Waals surface area contributed by atoms with Crippen LogP contribution in [0.1, 0.15) is 23.2 Å². The molecule has 0 amide bonds. The molecule has 0 aliphatic carbocycles. The maximum absolute atomic E-state index is 12.6. The molecule has 0 atom stereocenters. The van der Waals surface area contributed by atoms with E-state index in [0.29, 0.717) is 36.1 Å². The first kappa shape index (κ1) is 20.8. The van der Waals surface area contributed by atoms with Crippen LogP contribution in [0.5, 0.6) is 0 Å². The van der Waals surface area contributed by atoms with Crippen LogP contribution in [0.2, 0.25) is 0 Å². The van der Waals surface area contributed by atoms with Gasteiger partial charge in [-0.1, -0.05) is 6.07 Å². The molecule has 0 unspecified atom stereocenters. The molecule has 10 heteroatoms. The number of carbonyl (C=O) groups is 1. The molecular formula is C21H21N5O4S. The zero-order valence-corrected chi connectivity index (χ0v) is 17.3. The van der Waals surface area contributed by atoms with E-state index >= 15 is 0 Å². The molecule has 1 aliphatic heterocycles. The molecule has 1 aromatic heterocycles. The fourth-order valence-corrected chi connectivity index (χ4v) is 4.82. The van der Waals surface area contributed by atoms with Gasteiger partial charge < -0.3 is 15.7 Å². The van der Waals surface area contributed by atoms with Crippen molar-refractivity contribution < 1.29 is 18.3 Å². The molecule has 3 aromatic rings. The largest absolute Gasteiger partial charge is 0.478 e. The minimum atomic E-state index is -3.45. The zero-order valence-electron chi connectivity index (χ0n) is 16.5. The smallest absolute Gasteiger partial charge is 0.335 e. The van der Waals surface area contributed by atoms with Gasteiger partial charge in [-0.05, 0) is 55.3 Å². The van der Waals surface area contributed by atoms with E-state index in [1.54, 1.807) is 42.5 Å². The predicted octanol–water partition coefficient (Wildman–Crippen LogP) is 3.45. The van der Waals surface area contributed by atoms with Gasteiger partial charge in [-0.15, -0.1) is 0 Å². The highest BCUT2D eigenvalue weighted by Crippen LogP contribution is 2.24. The number of hydrogen-bond acceptors (Lipinski definition) is 7. The molecule has 0 spiro atoms. The molecule has 0 radical (unpaired) electrons. The molecule has 1 aliphatic rings. The lowest BCUT2D eigenvalue weighted by Gasteiger charge is -2.15. The Morgan fingerprint density at radius 1 is 0.903 bits per heavy atom. The van der Waals surface area contributed by atoms with Crippen molar-refractivity contribution in [1.29, 1.82) is 0 Å². The lowest BCUT2D eigenvalue weighted by Crippen LogP contribution is -2.27. The van der Waals surface area contributed by atoms with Gasteiger partial charge >= 0.3 is 5.97 Å². The Morgan fingerprint density at radius 2 is 1.55 bits per heavy atom. The highest BCUT2D eigenvalue weighted by Gasteiger charge is 2.26. The summed E-state index contributed by atoms with van der Waals surface area (Å²) in [7, 11) is -3.45. The van der Waals surface area contributed by atoms with E-state index in [9.17, 15) is 13.2 Å². The minimum absolute atomic E-state index is 0.168.